The summed E-state index contributed by atoms with van der Waals surface area (Å²) in [6.45, 7) is 5.56. The molecule has 1 saturated carbocycles. The molecule has 1 aliphatic rings. The number of nitrogens with zero attached hydrogens (tertiary/aromatic N) is 6. The van der Waals surface area contributed by atoms with Crippen molar-refractivity contribution in [1.29, 1.82) is 0 Å². The second-order valence-corrected chi connectivity index (χ2v) is 9.71. The summed E-state index contributed by atoms with van der Waals surface area (Å²) in [5.74, 6) is 0.909. The van der Waals surface area contributed by atoms with Crippen molar-refractivity contribution >= 4 is 17.5 Å². The van der Waals surface area contributed by atoms with Crippen molar-refractivity contribution in [3.63, 3.8) is 0 Å². The largest absolute Gasteiger partial charge is 0.458 e. The van der Waals surface area contributed by atoms with Gasteiger partial charge in [-0.2, -0.15) is 4.80 Å². The molecule has 0 spiro atoms. The molecule has 0 radical (unpaired) electrons. The number of aryl methyl sites for hydroxylation is 2. The number of carbonyl (C=O) groups excluding carboxylic acids is 2. The Hall–Kier alpha value is -4.34. The monoisotopic (exact) mass is 513 g/mol. The number of rotatable bonds is 8. The third kappa shape index (κ3) is 5.34. The first kappa shape index (κ1) is 25.3. The number of carbonyl (C=O) groups is 2. The molecule has 0 bridgehead atoms. The van der Waals surface area contributed by atoms with Crippen LogP contribution in [0, 0.1) is 20.8 Å². The van der Waals surface area contributed by atoms with Gasteiger partial charge in [-0.15, -0.1) is 10.2 Å². The first-order valence-corrected chi connectivity index (χ1v) is 12.8. The van der Waals surface area contributed by atoms with Crippen molar-refractivity contribution in [2.24, 2.45) is 0 Å². The zero-order valence-electron chi connectivity index (χ0n) is 21.8. The van der Waals surface area contributed by atoms with Crippen molar-refractivity contribution in [3.05, 3.63) is 77.3 Å². The molecule has 0 aliphatic heterocycles. The van der Waals surface area contributed by atoms with Crippen LogP contribution in [0.4, 0.5) is 5.69 Å². The number of nitrogens with one attached hydrogen (secondary N) is 1. The normalized spacial score (nSPS) is 14.4. The van der Waals surface area contributed by atoms with Gasteiger partial charge >= 0.3 is 0 Å². The van der Waals surface area contributed by atoms with Crippen molar-refractivity contribution in [2.75, 3.05) is 4.90 Å². The van der Waals surface area contributed by atoms with Crippen LogP contribution in [0.1, 0.15) is 54.2 Å². The average Bonchev–Trinajstić information content (AvgIpc) is 3.68. The summed E-state index contributed by atoms with van der Waals surface area (Å²) in [6.07, 6.45) is 7.30. The van der Waals surface area contributed by atoms with Crippen LogP contribution in [-0.2, 0) is 16.1 Å². The molecule has 1 atom stereocenters. The molecule has 3 aromatic heterocycles. The van der Waals surface area contributed by atoms with E-state index >= 15 is 0 Å². The molecule has 5 rings (SSSR count). The highest BCUT2D eigenvalue weighted by Gasteiger charge is 2.35. The Morgan fingerprint density at radius 3 is 2.55 bits per heavy atom. The van der Waals surface area contributed by atoms with Gasteiger partial charge in [0.2, 0.25) is 11.7 Å². The standard InChI is InChI=1S/C28H31N7O3/c1-18-7-6-10-23(20(18)3)35(25(36)17-34-32-27(31-33-34)24-12-11-19(2)38-24)26(21-13-15-29-16-14-21)28(37)30-22-8-4-5-9-22/h6-7,10-16,22,26H,4-5,8-9,17H2,1-3H3,(H,30,37)/t26-/m0/s1. The van der Waals surface area contributed by atoms with Crippen LogP contribution in [0.25, 0.3) is 11.6 Å². The second-order valence-electron chi connectivity index (χ2n) is 9.71. The van der Waals surface area contributed by atoms with Gasteiger partial charge < -0.3 is 9.73 Å². The van der Waals surface area contributed by atoms with Crippen molar-refractivity contribution < 1.29 is 14.0 Å². The lowest BCUT2D eigenvalue weighted by atomic mass is 10.0. The molecule has 1 aromatic carbocycles. The predicted molar refractivity (Wildman–Crippen MR) is 141 cm³/mol. The minimum absolute atomic E-state index is 0.0960. The fourth-order valence-electron chi connectivity index (χ4n) is 4.89. The molecule has 0 unspecified atom stereocenters. The number of benzene rings is 1. The molecule has 2 amide bonds. The van der Waals surface area contributed by atoms with E-state index in [4.69, 9.17) is 4.42 Å². The highest BCUT2D eigenvalue weighted by Crippen LogP contribution is 2.32. The van der Waals surface area contributed by atoms with Crippen LogP contribution in [0.3, 0.4) is 0 Å². The van der Waals surface area contributed by atoms with Gasteiger partial charge in [0.05, 0.1) is 0 Å². The summed E-state index contributed by atoms with van der Waals surface area (Å²) in [6, 6.07) is 12.0. The molecule has 10 heteroatoms. The van der Waals surface area contributed by atoms with E-state index in [9.17, 15) is 9.59 Å². The molecular formula is C28H31N7O3. The summed E-state index contributed by atoms with van der Waals surface area (Å²) in [4.78, 5) is 34.8. The topological polar surface area (TPSA) is 119 Å². The smallest absolute Gasteiger partial charge is 0.251 e. The number of furan rings is 1. The van der Waals surface area contributed by atoms with Gasteiger partial charge in [0.25, 0.3) is 5.91 Å². The first-order valence-electron chi connectivity index (χ1n) is 12.8. The van der Waals surface area contributed by atoms with Crippen LogP contribution in [0.2, 0.25) is 0 Å². The molecule has 3 heterocycles. The number of aromatic nitrogens is 5. The van der Waals surface area contributed by atoms with E-state index in [0.717, 1.165) is 42.6 Å². The van der Waals surface area contributed by atoms with Gasteiger partial charge in [0, 0.05) is 24.1 Å². The maximum absolute atomic E-state index is 14.1. The summed E-state index contributed by atoms with van der Waals surface area (Å²) < 4.78 is 5.59. The quantitative estimate of drug-likeness (QED) is 0.377. The molecule has 10 nitrogen and oxygen atoms in total. The zero-order valence-corrected chi connectivity index (χ0v) is 21.8. The van der Waals surface area contributed by atoms with Gasteiger partial charge in [-0.1, -0.05) is 25.0 Å². The summed E-state index contributed by atoms with van der Waals surface area (Å²) >= 11 is 0. The minimum atomic E-state index is -0.901. The van der Waals surface area contributed by atoms with Gasteiger partial charge in [0.1, 0.15) is 18.3 Å². The SMILES string of the molecule is Cc1ccc(-c2nnn(CC(=O)N(c3cccc(C)c3C)[C@H](C(=O)NC3CCCC3)c3ccncc3)n2)o1. The first-order chi connectivity index (χ1) is 18.4. The van der Waals surface area contributed by atoms with Gasteiger partial charge in [-0.3, -0.25) is 19.5 Å². The lowest BCUT2D eigenvalue weighted by Crippen LogP contribution is -2.47. The van der Waals surface area contributed by atoms with E-state index in [1.807, 2.05) is 45.0 Å². The molecule has 1 N–H and O–H groups in total. The Morgan fingerprint density at radius 2 is 1.84 bits per heavy atom. The lowest BCUT2D eigenvalue weighted by molar-refractivity contribution is -0.127. The second kappa shape index (κ2) is 11.0. The van der Waals surface area contributed by atoms with Crippen LogP contribution in [-0.4, -0.2) is 43.0 Å². The highest BCUT2D eigenvalue weighted by atomic mass is 16.3. The molecule has 196 valence electrons. The fraction of sp³-hybridized carbons (Fsp3) is 0.357. The Balaban J connectivity index is 1.53. The average molecular weight is 514 g/mol. The van der Waals surface area contributed by atoms with E-state index in [2.05, 4.69) is 25.7 Å². The van der Waals surface area contributed by atoms with Crippen molar-refractivity contribution in [1.82, 2.24) is 30.5 Å². The minimum Gasteiger partial charge on any atom is -0.458 e. The van der Waals surface area contributed by atoms with Crippen LogP contribution >= 0.6 is 0 Å². The van der Waals surface area contributed by atoms with Gasteiger partial charge in [-0.25, -0.2) is 0 Å². The Bertz CT molecular complexity index is 1420. The van der Waals surface area contributed by atoms with Gasteiger partial charge in [0.15, 0.2) is 5.76 Å². The Kier molecular flexibility index (Phi) is 7.30. The number of amides is 2. The van der Waals surface area contributed by atoms with Gasteiger partial charge in [-0.05, 0) is 85.8 Å². The van der Waals surface area contributed by atoms with Crippen LogP contribution in [0.5, 0.6) is 0 Å². The van der Waals surface area contributed by atoms with E-state index in [1.165, 1.54) is 4.80 Å². The van der Waals surface area contributed by atoms with E-state index in [0.29, 0.717) is 17.0 Å². The van der Waals surface area contributed by atoms with Crippen LogP contribution in [0.15, 0.2) is 59.3 Å². The van der Waals surface area contributed by atoms with E-state index < -0.39 is 6.04 Å². The molecular weight excluding hydrogens is 482 g/mol. The summed E-state index contributed by atoms with van der Waals surface area (Å²) in [7, 11) is 0. The Morgan fingerprint density at radius 1 is 1.08 bits per heavy atom. The molecule has 38 heavy (non-hydrogen) atoms. The lowest BCUT2D eigenvalue weighted by Gasteiger charge is -2.33. The number of hydrogen-bond donors (Lipinski definition) is 1. The van der Waals surface area contributed by atoms with Crippen molar-refractivity contribution in [3.8, 4) is 11.6 Å². The third-order valence-corrected chi connectivity index (χ3v) is 7.02. The van der Waals surface area contributed by atoms with Crippen LogP contribution < -0.4 is 10.2 Å². The third-order valence-electron chi connectivity index (χ3n) is 7.02. The summed E-state index contributed by atoms with van der Waals surface area (Å²) in [5, 5.41) is 15.7. The van der Waals surface area contributed by atoms with E-state index in [1.54, 1.807) is 35.5 Å². The number of hydrogen-bond acceptors (Lipinski definition) is 7. The fourth-order valence-corrected chi connectivity index (χ4v) is 4.89. The highest BCUT2D eigenvalue weighted by molar-refractivity contribution is 6.01. The molecule has 1 aliphatic carbocycles. The number of pyridine rings is 1. The number of tetrazole rings is 1. The molecule has 0 saturated heterocycles. The zero-order chi connectivity index (χ0) is 26.6. The summed E-state index contributed by atoms with van der Waals surface area (Å²) in [5.41, 5.74) is 3.25. The molecule has 1 fully saturated rings. The predicted octanol–water partition coefficient (Wildman–Crippen LogP) is 4.09. The maximum atomic E-state index is 14.1. The molecule has 4 aromatic rings. The Labute approximate surface area is 221 Å². The number of anilines is 1. The van der Waals surface area contributed by atoms with Crippen molar-refractivity contribution in [2.45, 2.75) is 65.1 Å². The maximum Gasteiger partial charge on any atom is 0.251 e. The van der Waals surface area contributed by atoms with E-state index in [-0.39, 0.29) is 30.2 Å².